The van der Waals surface area contributed by atoms with Crippen molar-refractivity contribution in [1.82, 2.24) is 0 Å². The largest absolute Gasteiger partial charge is 0.507 e. The minimum Gasteiger partial charge on any atom is -0.507 e. The summed E-state index contributed by atoms with van der Waals surface area (Å²) in [5.74, 6) is -3.92. The summed E-state index contributed by atoms with van der Waals surface area (Å²) >= 11 is 0. The predicted octanol–water partition coefficient (Wildman–Crippen LogP) is 13.4. The molecule has 4 rings (SSSR count). The van der Waals surface area contributed by atoms with Gasteiger partial charge in [-0.3, -0.25) is 19.2 Å². The first-order chi connectivity index (χ1) is 38.2. The fourth-order valence-corrected chi connectivity index (χ4v) is 11.6. The Bertz CT molecular complexity index is 2540. The summed E-state index contributed by atoms with van der Waals surface area (Å²) in [6.45, 7) is 46.5. The second-order valence-electron chi connectivity index (χ2n) is 32.6. The molecule has 0 fully saturated rings. The van der Waals surface area contributed by atoms with E-state index in [0.29, 0.717) is 66.8 Å². The smallest absolute Gasteiger partial charge is 0.162 e. The van der Waals surface area contributed by atoms with Crippen molar-refractivity contribution in [3.8, 4) is 23.0 Å². The highest BCUT2D eigenvalue weighted by Gasteiger charge is 2.63. The van der Waals surface area contributed by atoms with Crippen molar-refractivity contribution < 1.29 is 60.0 Å². The van der Waals surface area contributed by atoms with Crippen LogP contribution in [0, 0.1) is 5.41 Å². The fraction of sp³-hybridized carbons (Fsp3) is 0.616. The van der Waals surface area contributed by atoms with E-state index in [-0.39, 0.29) is 48.7 Å². The molecule has 4 aromatic carbocycles. The number of carbonyl (C=O) groups is 4. The molecule has 0 heterocycles. The van der Waals surface area contributed by atoms with Gasteiger partial charge in [-0.25, -0.2) is 0 Å². The molecule has 85 heavy (non-hydrogen) atoms. The number of Topliss-reactive ketones (excluding diaryl/α,β-unsaturated/α-hetero) is 4. The number of hydrogen-bond donors (Lipinski definition) is 8. The van der Waals surface area contributed by atoms with Gasteiger partial charge >= 0.3 is 0 Å². The van der Waals surface area contributed by atoms with E-state index >= 15 is 19.2 Å². The van der Waals surface area contributed by atoms with Gasteiger partial charge in [-0.15, -0.1) is 0 Å². The van der Waals surface area contributed by atoms with E-state index in [4.69, 9.17) is 0 Å². The maximum absolute atomic E-state index is 15.2. The van der Waals surface area contributed by atoms with E-state index in [0.717, 1.165) is 0 Å². The Balaban J connectivity index is 2.03. The summed E-state index contributed by atoms with van der Waals surface area (Å²) in [6, 6.07) is 14.2. The van der Waals surface area contributed by atoms with Gasteiger partial charge in [0.2, 0.25) is 0 Å². The minimum absolute atomic E-state index is 0.0657. The van der Waals surface area contributed by atoms with Crippen LogP contribution in [-0.2, 0) is 88.2 Å². The molecule has 0 aliphatic heterocycles. The molecule has 4 atom stereocenters. The molecule has 4 aromatic rings. The Morgan fingerprint density at radius 1 is 0.271 bits per heavy atom. The molecular weight excluding hydrogens is 1070 g/mol. The third kappa shape index (κ3) is 16.6. The first-order valence-corrected chi connectivity index (χ1v) is 30.5. The Kier molecular flexibility index (Phi) is 21.5. The van der Waals surface area contributed by atoms with Gasteiger partial charge in [-0.05, 0) is 136 Å². The number of carbonyl (C=O) groups excluding carboxylic acids is 4. The van der Waals surface area contributed by atoms with Crippen molar-refractivity contribution in [2.45, 2.75) is 285 Å². The van der Waals surface area contributed by atoms with Gasteiger partial charge in [0.15, 0.2) is 23.1 Å². The molecule has 0 bridgehead atoms. The van der Waals surface area contributed by atoms with E-state index in [1.165, 1.54) is 0 Å². The van der Waals surface area contributed by atoms with E-state index in [1.807, 2.05) is 166 Å². The molecule has 12 nitrogen and oxygen atoms in total. The highest BCUT2D eigenvalue weighted by molar-refractivity contribution is 5.96. The quantitative estimate of drug-likeness (QED) is 0.0413. The molecule has 0 saturated heterocycles. The number of benzene rings is 4. The zero-order valence-corrected chi connectivity index (χ0v) is 56.3. The molecule has 0 aliphatic rings. The summed E-state index contributed by atoms with van der Waals surface area (Å²) in [6.07, 6.45) is -13.1. The third-order valence-electron chi connectivity index (χ3n) is 16.9. The average Bonchev–Trinajstić information content (AvgIpc) is 2.28. The van der Waals surface area contributed by atoms with Gasteiger partial charge < -0.3 is 40.9 Å². The molecular formula is C73H108O12. The summed E-state index contributed by atoms with van der Waals surface area (Å²) in [5, 5.41) is 98.1. The number of aromatic hydroxyl groups is 4. The zero-order valence-electron chi connectivity index (χ0n) is 56.3. The van der Waals surface area contributed by atoms with Crippen LogP contribution in [0.25, 0.3) is 0 Å². The first kappa shape index (κ1) is 72.1. The highest BCUT2D eigenvalue weighted by atomic mass is 16.3. The zero-order chi connectivity index (χ0) is 65.7. The van der Waals surface area contributed by atoms with E-state index in [9.17, 15) is 40.9 Å². The van der Waals surface area contributed by atoms with Crippen LogP contribution in [0.4, 0.5) is 0 Å². The van der Waals surface area contributed by atoms with Crippen molar-refractivity contribution >= 4 is 23.1 Å². The second kappa shape index (κ2) is 25.4. The van der Waals surface area contributed by atoms with Crippen molar-refractivity contribution in [3.63, 3.8) is 0 Å². The van der Waals surface area contributed by atoms with Gasteiger partial charge in [0, 0.05) is 25.7 Å². The van der Waals surface area contributed by atoms with Crippen molar-refractivity contribution in [1.29, 1.82) is 0 Å². The number of phenolic OH excluding ortho intramolecular Hbond substituents is 4. The Morgan fingerprint density at radius 2 is 0.388 bits per heavy atom. The third-order valence-corrected chi connectivity index (χ3v) is 16.9. The van der Waals surface area contributed by atoms with Crippen molar-refractivity contribution in [2.75, 3.05) is 0 Å². The molecule has 4 unspecified atom stereocenters. The summed E-state index contributed by atoms with van der Waals surface area (Å²) < 4.78 is 0. The number of aryl methyl sites for hydroxylation is 4. The summed E-state index contributed by atoms with van der Waals surface area (Å²) in [4.78, 5) is 60.6. The van der Waals surface area contributed by atoms with Crippen molar-refractivity contribution in [3.05, 3.63) is 115 Å². The maximum Gasteiger partial charge on any atom is 0.162 e. The van der Waals surface area contributed by atoms with Crippen LogP contribution in [0.1, 0.15) is 259 Å². The van der Waals surface area contributed by atoms with Gasteiger partial charge in [0.25, 0.3) is 0 Å². The lowest BCUT2D eigenvalue weighted by Gasteiger charge is -2.45. The van der Waals surface area contributed by atoms with E-state index < -0.39 is 122 Å². The number of aliphatic hydroxyl groups excluding tert-OH is 4. The molecule has 472 valence electrons. The molecule has 0 aliphatic carbocycles. The summed E-state index contributed by atoms with van der Waals surface area (Å²) in [7, 11) is 0. The molecule has 8 N–H and O–H groups in total. The minimum atomic E-state index is -3.28. The van der Waals surface area contributed by atoms with Crippen LogP contribution >= 0.6 is 0 Å². The van der Waals surface area contributed by atoms with Gasteiger partial charge in [0.05, 0.1) is 0 Å². The van der Waals surface area contributed by atoms with Crippen LogP contribution in [0.3, 0.4) is 0 Å². The fourth-order valence-electron chi connectivity index (χ4n) is 11.6. The molecule has 0 saturated carbocycles. The lowest BCUT2D eigenvalue weighted by atomic mass is 9.62. The SMILES string of the molecule is CC(C)(C)c1cc(CCC(=O)C(O)C(C(O)C(=O)CCc2cc(C(C)(C)C)c(O)c(C(C)(C)C)c2)(C(O)C(=O)CCc2cc(C(C)(C)C)c(O)c(C(C)(C)C)c2)C(O)C(=O)CCc2cc(C(C)(C)C)c(O)c(C(C)(C)C)c2)cc(C(C)(C)C)c1O. The van der Waals surface area contributed by atoms with Gasteiger partial charge in [-0.2, -0.15) is 0 Å². The number of phenols is 4. The van der Waals surface area contributed by atoms with Crippen LogP contribution in [-0.4, -0.2) is 88.4 Å². The van der Waals surface area contributed by atoms with E-state index in [1.54, 1.807) is 48.5 Å². The Labute approximate surface area is 509 Å². The Hall–Kier alpha value is -5.40. The van der Waals surface area contributed by atoms with Gasteiger partial charge in [0.1, 0.15) is 52.8 Å². The van der Waals surface area contributed by atoms with Crippen molar-refractivity contribution in [2.24, 2.45) is 5.41 Å². The first-order valence-electron chi connectivity index (χ1n) is 30.5. The molecule has 0 radical (unpaired) electrons. The maximum atomic E-state index is 15.2. The highest BCUT2D eigenvalue weighted by Crippen LogP contribution is 2.46. The average molecular weight is 1180 g/mol. The molecule has 0 spiro atoms. The van der Waals surface area contributed by atoms with Crippen LogP contribution < -0.4 is 0 Å². The normalized spacial score (nSPS) is 15.5. The molecule has 0 aromatic heterocycles. The number of hydrogen-bond acceptors (Lipinski definition) is 12. The van der Waals surface area contributed by atoms with Gasteiger partial charge in [-0.1, -0.05) is 215 Å². The lowest BCUT2D eigenvalue weighted by molar-refractivity contribution is -0.200. The number of rotatable bonds is 20. The number of ketones is 4. The number of aliphatic hydroxyl groups is 4. The molecule has 0 amide bonds. The predicted molar refractivity (Wildman–Crippen MR) is 342 cm³/mol. The molecule has 12 heteroatoms. The lowest BCUT2D eigenvalue weighted by Crippen LogP contribution is -2.68. The van der Waals surface area contributed by atoms with E-state index in [2.05, 4.69) is 0 Å². The topological polar surface area (TPSA) is 230 Å². The van der Waals surface area contributed by atoms with Crippen LogP contribution in [0.5, 0.6) is 23.0 Å². The van der Waals surface area contributed by atoms with Crippen LogP contribution in [0.2, 0.25) is 0 Å². The monoisotopic (exact) mass is 1180 g/mol. The Morgan fingerprint density at radius 3 is 0.494 bits per heavy atom. The summed E-state index contributed by atoms with van der Waals surface area (Å²) in [5.41, 5.74) is -0.448. The van der Waals surface area contributed by atoms with Crippen LogP contribution in [0.15, 0.2) is 48.5 Å². The second-order valence-corrected chi connectivity index (χ2v) is 32.6. The standard InChI is InChI=1S/C73H108O12/c1-65(2,3)45-33-41(34-46(57(45)78)66(4,5)6)25-29-53(74)61(82)73(62(83)54(75)30-26-42-35-47(67(7,8)9)58(79)48(36-42)68(10,11)12,63(84)55(76)31-27-43-37-49(69(13,14)15)59(80)50(38-43)70(16,17)18)64(85)56(77)32-28-44-39-51(71(19,20)21)60(81)52(40-44)72(22,23)24/h33-40,61-64,78-85H,25-32H2,1-24H3.